The van der Waals surface area contributed by atoms with Gasteiger partial charge in [-0.05, 0) is 158 Å². The minimum Gasteiger partial charge on any atom is -1.00 e. The Hall–Kier alpha value is -2.07. The highest BCUT2D eigenvalue weighted by molar-refractivity contribution is 6.65. The minimum absolute atomic E-state index is 0. The van der Waals surface area contributed by atoms with Crippen LogP contribution in [0.5, 0.6) is 0 Å². The van der Waals surface area contributed by atoms with Gasteiger partial charge in [-0.15, -0.1) is 0 Å². The number of hydrogen-bond acceptors (Lipinski definition) is 9. The maximum atomic E-state index is 11.7. The lowest BCUT2D eigenvalue weighted by Crippen LogP contribution is -3.00. The van der Waals surface area contributed by atoms with Crippen LogP contribution in [0, 0.1) is 0 Å². The first-order valence-corrected chi connectivity index (χ1v) is 25.6. The highest BCUT2D eigenvalue weighted by Crippen LogP contribution is 2.04. The van der Waals surface area contributed by atoms with Crippen LogP contribution in [0.2, 0.25) is 0 Å². The van der Waals surface area contributed by atoms with E-state index in [0.29, 0.717) is 25.7 Å². The Morgan fingerprint density at radius 2 is 0.585 bits per heavy atom. The molecule has 3 N–H and O–H groups in total. The number of nitrogens with one attached hydrogen (secondary N) is 1. The van der Waals surface area contributed by atoms with Crippen LogP contribution in [-0.4, -0.2) is 181 Å². The second kappa shape index (κ2) is 59.9. The fourth-order valence-electron chi connectivity index (χ4n) is 5.85. The number of rotatable bonds is 30. The van der Waals surface area contributed by atoms with Crippen LogP contribution in [0.1, 0.15) is 162 Å². The maximum absolute atomic E-state index is 11.7. The molecule has 0 atom stereocenters. The molecule has 392 valence electrons. The monoisotopic (exact) mass is 993 g/mol. The zero-order chi connectivity index (χ0) is 50.7. The molecule has 0 unspecified atom stereocenters. The number of unbranched alkanes of at least 4 members (excludes halogenated alkanes) is 1. The SMILES string of the molecule is CCN(CC)C(=O)CCC(=O)N(CC)CC.CCN(CC)C(=O)CCC(=O)N(CC)CC.CCN(CC)CCCCN(CC)CC.CCNCC.CC[NH2+]CC.O=C(Cl)CCC(=O)Cl.[Cl-]. The van der Waals surface area contributed by atoms with Crippen molar-refractivity contribution in [3.8, 4) is 0 Å². The Morgan fingerprint density at radius 3 is 0.692 bits per heavy atom. The average Bonchev–Trinajstić information content (AvgIpc) is 3.29. The van der Waals surface area contributed by atoms with Crippen LogP contribution in [0.15, 0.2) is 0 Å². The van der Waals surface area contributed by atoms with E-state index < -0.39 is 10.5 Å². The third-order valence-electron chi connectivity index (χ3n) is 10.2. The zero-order valence-corrected chi connectivity index (χ0v) is 47.0. The van der Waals surface area contributed by atoms with E-state index in [9.17, 15) is 28.8 Å². The molecule has 0 aromatic heterocycles. The minimum atomic E-state index is -0.529. The Bertz CT molecular complexity index is 940. The van der Waals surface area contributed by atoms with Gasteiger partial charge >= 0.3 is 0 Å². The van der Waals surface area contributed by atoms with Crippen molar-refractivity contribution in [1.82, 2.24) is 34.7 Å². The number of hydrogen-bond donors (Lipinski definition) is 2. The summed E-state index contributed by atoms with van der Waals surface area (Å²) in [7, 11) is 0. The highest BCUT2D eigenvalue weighted by atomic mass is 35.5. The molecule has 0 heterocycles. The standard InChI is InChI=1S/2C12H24N2O2.C12H28N2.C4H4Cl2O2.2C4H11N.ClH/c2*1-5-13(6-2)11(15)9-10-12(16)14(7-3)8-4;1-5-13(6-2)11-9-10-12-14(7-3)8-4;5-3(7)1-2-4(6)8;2*1-3-5-4-2;/h2*5-10H2,1-4H3;5-12H2,1-4H3;1-2H2;2*5H,3-4H2,1-2H3;1H. The molecule has 0 spiro atoms. The van der Waals surface area contributed by atoms with Crippen LogP contribution < -0.4 is 23.0 Å². The van der Waals surface area contributed by atoms with E-state index in [1.54, 1.807) is 19.6 Å². The van der Waals surface area contributed by atoms with Crippen molar-refractivity contribution in [3.63, 3.8) is 0 Å². The van der Waals surface area contributed by atoms with Gasteiger partial charge in [-0.25, -0.2) is 0 Å². The van der Waals surface area contributed by atoms with Gasteiger partial charge in [0.1, 0.15) is 0 Å². The number of carbonyl (C=O) groups is 6. The van der Waals surface area contributed by atoms with Crippen LogP contribution in [0.25, 0.3) is 0 Å². The van der Waals surface area contributed by atoms with Crippen molar-refractivity contribution in [3.05, 3.63) is 0 Å². The van der Waals surface area contributed by atoms with Crippen molar-refractivity contribution in [2.45, 2.75) is 162 Å². The maximum Gasteiger partial charge on any atom is 0.223 e. The van der Waals surface area contributed by atoms with Gasteiger partial charge in [-0.1, -0.05) is 41.5 Å². The lowest BCUT2D eigenvalue weighted by molar-refractivity contribution is -0.648. The molecule has 4 amide bonds. The summed E-state index contributed by atoms with van der Waals surface area (Å²) in [5.74, 6) is 0.298. The predicted molar refractivity (Wildman–Crippen MR) is 273 cm³/mol. The first-order chi connectivity index (χ1) is 30.4. The predicted octanol–water partition coefficient (Wildman–Crippen LogP) is 3.96. The van der Waals surface area contributed by atoms with E-state index in [2.05, 4.69) is 75.8 Å². The summed E-state index contributed by atoms with van der Waals surface area (Å²) < 4.78 is 0. The topological polar surface area (TPSA) is 150 Å². The molecule has 0 bridgehead atoms. The van der Waals surface area contributed by atoms with Crippen LogP contribution >= 0.6 is 23.2 Å². The Kier molecular flexibility index (Phi) is 71.2. The molecule has 0 aliphatic heterocycles. The van der Waals surface area contributed by atoms with Gasteiger partial charge in [0.25, 0.3) is 0 Å². The molecule has 17 heteroatoms. The van der Waals surface area contributed by atoms with E-state index in [1.807, 2.05) is 55.4 Å². The summed E-state index contributed by atoms with van der Waals surface area (Å²) in [4.78, 5) is 78.5. The molecule has 0 saturated heterocycles. The molecule has 0 saturated carbocycles. The zero-order valence-electron chi connectivity index (χ0n) is 44.7. The largest absolute Gasteiger partial charge is 1.00 e. The molecule has 14 nitrogen and oxygen atoms in total. The summed E-state index contributed by atoms with van der Waals surface area (Å²) in [5.41, 5.74) is 0. The first-order valence-electron chi connectivity index (χ1n) is 24.9. The molecular formula is C48H103Cl3N8O6. The second-order valence-electron chi connectivity index (χ2n) is 14.3. The van der Waals surface area contributed by atoms with Gasteiger partial charge in [-0.2, -0.15) is 0 Å². The number of nitrogens with zero attached hydrogens (tertiary/aromatic N) is 6. The van der Waals surface area contributed by atoms with Gasteiger partial charge in [0.05, 0.1) is 13.1 Å². The third-order valence-corrected chi connectivity index (χ3v) is 10.5. The molecule has 0 aliphatic rings. The average molecular weight is 995 g/mol. The molecule has 0 radical (unpaired) electrons. The summed E-state index contributed by atoms with van der Waals surface area (Å²) >= 11 is 9.74. The number of carbonyl (C=O) groups excluding carboxylic acids is 6. The lowest BCUT2D eigenvalue weighted by atomic mass is 10.2. The van der Waals surface area contributed by atoms with Crippen molar-refractivity contribution >= 4 is 57.3 Å². The summed E-state index contributed by atoms with van der Waals surface area (Å²) in [6.45, 7) is 50.8. The van der Waals surface area contributed by atoms with E-state index in [1.165, 1.54) is 65.2 Å². The van der Waals surface area contributed by atoms with E-state index in [0.717, 1.165) is 65.4 Å². The molecule has 65 heavy (non-hydrogen) atoms. The third kappa shape index (κ3) is 54.4. The highest BCUT2D eigenvalue weighted by Gasteiger charge is 2.16. The van der Waals surface area contributed by atoms with Gasteiger partial charge in [0, 0.05) is 90.9 Å². The number of quaternary nitrogens is 1. The second-order valence-corrected chi connectivity index (χ2v) is 15.1. The number of amides is 4. The van der Waals surface area contributed by atoms with Crippen LogP contribution in [0.4, 0.5) is 0 Å². The normalized spacial score (nSPS) is 9.78. The van der Waals surface area contributed by atoms with Gasteiger partial charge in [-0.3, -0.25) is 28.8 Å². The van der Waals surface area contributed by atoms with E-state index in [-0.39, 0.29) is 48.9 Å². The fourth-order valence-corrected chi connectivity index (χ4v) is 6.04. The quantitative estimate of drug-likeness (QED) is 0.0806. The van der Waals surface area contributed by atoms with Crippen molar-refractivity contribution < 1.29 is 46.5 Å². The van der Waals surface area contributed by atoms with Crippen molar-refractivity contribution in [1.29, 1.82) is 0 Å². The Labute approximate surface area is 416 Å². The fraction of sp³-hybridized carbons (Fsp3) is 0.875. The first kappa shape index (κ1) is 77.2. The van der Waals surface area contributed by atoms with E-state index >= 15 is 0 Å². The summed E-state index contributed by atoms with van der Waals surface area (Å²) in [5, 5.41) is 4.30. The van der Waals surface area contributed by atoms with Crippen molar-refractivity contribution in [2.75, 3.05) is 118 Å². The summed E-state index contributed by atoms with van der Waals surface area (Å²) in [6, 6.07) is 0. The van der Waals surface area contributed by atoms with Gasteiger partial charge in [0.15, 0.2) is 0 Å². The summed E-state index contributed by atoms with van der Waals surface area (Å²) in [6.07, 6.45) is 4.08. The smallest absolute Gasteiger partial charge is 0.223 e. The van der Waals surface area contributed by atoms with Gasteiger partial charge < -0.3 is 52.4 Å². The van der Waals surface area contributed by atoms with Crippen LogP contribution in [-0.2, 0) is 28.8 Å². The molecular weight excluding hydrogens is 891 g/mol. The van der Waals surface area contributed by atoms with E-state index in [4.69, 9.17) is 23.2 Å². The van der Waals surface area contributed by atoms with Crippen molar-refractivity contribution in [2.24, 2.45) is 0 Å². The molecule has 0 aliphatic carbocycles. The number of nitrogens with two attached hydrogens (primary N) is 1. The van der Waals surface area contributed by atoms with Crippen LogP contribution in [0.3, 0.4) is 0 Å². The number of halogens is 3. The lowest BCUT2D eigenvalue weighted by Gasteiger charge is -2.21. The van der Waals surface area contributed by atoms with Gasteiger partial charge in [0.2, 0.25) is 34.1 Å². The molecule has 0 rings (SSSR count). The Morgan fingerprint density at radius 1 is 0.369 bits per heavy atom. The molecule has 0 aromatic rings. The Balaban J connectivity index is -0.000000130. The molecule has 0 fully saturated rings. The molecule has 0 aromatic carbocycles.